The molecule has 0 saturated heterocycles. The van der Waals surface area contributed by atoms with E-state index in [1.807, 2.05) is 6.92 Å². The molecule has 2 N–H and O–H groups in total. The summed E-state index contributed by atoms with van der Waals surface area (Å²) in [6, 6.07) is -0.0478. The molecule has 1 unspecified atom stereocenters. The van der Waals surface area contributed by atoms with Crippen molar-refractivity contribution in [2.75, 3.05) is 13.1 Å². The molecule has 0 bridgehead atoms. The van der Waals surface area contributed by atoms with E-state index < -0.39 is 0 Å². The number of nitrogens with one attached hydrogen (secondary N) is 2. The summed E-state index contributed by atoms with van der Waals surface area (Å²) in [5, 5.41) is 6.45. The van der Waals surface area contributed by atoms with Crippen LogP contribution in [0.3, 0.4) is 0 Å². The van der Waals surface area contributed by atoms with Gasteiger partial charge in [0, 0.05) is 13.1 Å². The quantitative estimate of drug-likeness (QED) is 0.696. The molecule has 0 aromatic rings. The molecule has 0 radical (unpaired) electrons. The second-order valence-corrected chi connectivity index (χ2v) is 6.71. The minimum Gasteiger partial charge on any atom is -0.355 e. The van der Waals surface area contributed by atoms with Crippen LogP contribution < -0.4 is 10.6 Å². The summed E-state index contributed by atoms with van der Waals surface area (Å²) in [5.41, 5.74) is 0.576. The van der Waals surface area contributed by atoms with Gasteiger partial charge in [0.15, 0.2) is 0 Å². The van der Waals surface area contributed by atoms with Gasteiger partial charge in [0.2, 0.25) is 5.91 Å². The molecule has 0 aromatic carbocycles. The molecular formula is C15H28N2O. The molecule has 0 heterocycles. The first kappa shape index (κ1) is 13.9. The van der Waals surface area contributed by atoms with Crippen LogP contribution in [0.15, 0.2) is 0 Å². The molecule has 1 atom stereocenters. The molecule has 3 heteroatoms. The molecule has 0 aliphatic heterocycles. The van der Waals surface area contributed by atoms with Gasteiger partial charge in [0.05, 0.1) is 6.04 Å². The summed E-state index contributed by atoms with van der Waals surface area (Å²) in [5.74, 6) is 1.77. The second kappa shape index (κ2) is 5.60. The third kappa shape index (κ3) is 3.71. The lowest BCUT2D eigenvalue weighted by atomic mass is 10.0. The smallest absolute Gasteiger partial charge is 0.236 e. The maximum absolute atomic E-state index is 11.9. The van der Waals surface area contributed by atoms with E-state index in [9.17, 15) is 4.79 Å². The Morgan fingerprint density at radius 3 is 2.44 bits per heavy atom. The van der Waals surface area contributed by atoms with E-state index in [2.05, 4.69) is 24.5 Å². The average Bonchev–Trinajstić information content (AvgIpc) is 3.14. The van der Waals surface area contributed by atoms with Gasteiger partial charge >= 0.3 is 0 Å². The normalized spacial score (nSPS) is 22.9. The number of amides is 1. The zero-order valence-electron chi connectivity index (χ0n) is 12.1. The van der Waals surface area contributed by atoms with Crippen LogP contribution in [0.4, 0.5) is 0 Å². The fourth-order valence-electron chi connectivity index (χ4n) is 2.67. The van der Waals surface area contributed by atoms with E-state index in [1.165, 1.54) is 25.7 Å². The fraction of sp³-hybridized carbons (Fsp3) is 0.933. The highest BCUT2D eigenvalue weighted by Gasteiger charge is 2.53. The summed E-state index contributed by atoms with van der Waals surface area (Å²) >= 11 is 0. The Kier molecular flexibility index (Phi) is 4.31. The standard InChI is InChI=1S/C15H28N2O/c1-11(2)6-9-16-14(18)12(3)17-10-15(7-8-15)13-4-5-13/h11-13,17H,4-10H2,1-3H3,(H,16,18). The number of hydrogen-bond donors (Lipinski definition) is 2. The first-order valence-corrected chi connectivity index (χ1v) is 7.54. The number of carbonyl (C=O) groups is 1. The van der Waals surface area contributed by atoms with Crippen LogP contribution in [0.25, 0.3) is 0 Å². The second-order valence-electron chi connectivity index (χ2n) is 6.71. The summed E-state index contributed by atoms with van der Waals surface area (Å²) in [7, 11) is 0. The van der Waals surface area contributed by atoms with Crippen molar-refractivity contribution in [3.05, 3.63) is 0 Å². The Morgan fingerprint density at radius 1 is 1.28 bits per heavy atom. The lowest BCUT2D eigenvalue weighted by Crippen LogP contribution is -2.44. The number of rotatable bonds is 8. The molecule has 2 saturated carbocycles. The Balaban J connectivity index is 1.61. The van der Waals surface area contributed by atoms with E-state index >= 15 is 0 Å². The van der Waals surface area contributed by atoms with E-state index in [0.29, 0.717) is 11.3 Å². The Labute approximate surface area is 111 Å². The average molecular weight is 252 g/mol. The van der Waals surface area contributed by atoms with E-state index in [-0.39, 0.29) is 11.9 Å². The van der Waals surface area contributed by atoms with Gasteiger partial charge in [0.1, 0.15) is 0 Å². The van der Waals surface area contributed by atoms with Crippen molar-refractivity contribution in [1.82, 2.24) is 10.6 Å². The molecule has 2 fully saturated rings. The Bertz CT molecular complexity index is 293. The van der Waals surface area contributed by atoms with Crippen LogP contribution in [0.2, 0.25) is 0 Å². The SMILES string of the molecule is CC(C)CCNC(=O)C(C)NCC1(C2CC2)CC1. The monoisotopic (exact) mass is 252 g/mol. The van der Waals surface area contributed by atoms with E-state index in [4.69, 9.17) is 0 Å². The lowest BCUT2D eigenvalue weighted by molar-refractivity contribution is -0.122. The third-order valence-corrected chi connectivity index (χ3v) is 4.51. The van der Waals surface area contributed by atoms with Gasteiger partial charge in [-0.1, -0.05) is 13.8 Å². The van der Waals surface area contributed by atoms with Crippen molar-refractivity contribution in [2.24, 2.45) is 17.3 Å². The molecule has 2 aliphatic carbocycles. The maximum Gasteiger partial charge on any atom is 0.236 e. The predicted molar refractivity (Wildman–Crippen MR) is 74.3 cm³/mol. The van der Waals surface area contributed by atoms with Gasteiger partial charge in [-0.15, -0.1) is 0 Å². The van der Waals surface area contributed by atoms with Crippen molar-refractivity contribution >= 4 is 5.91 Å². The van der Waals surface area contributed by atoms with Crippen molar-refractivity contribution in [3.63, 3.8) is 0 Å². The zero-order valence-corrected chi connectivity index (χ0v) is 12.1. The van der Waals surface area contributed by atoms with E-state index in [0.717, 1.165) is 25.4 Å². The number of carbonyl (C=O) groups excluding carboxylic acids is 1. The van der Waals surface area contributed by atoms with Gasteiger partial charge < -0.3 is 10.6 Å². The maximum atomic E-state index is 11.9. The van der Waals surface area contributed by atoms with Crippen LogP contribution in [0, 0.1) is 17.3 Å². The summed E-state index contributed by atoms with van der Waals surface area (Å²) < 4.78 is 0. The van der Waals surface area contributed by atoms with Gasteiger partial charge in [-0.2, -0.15) is 0 Å². The highest BCUT2D eigenvalue weighted by molar-refractivity contribution is 5.81. The molecule has 18 heavy (non-hydrogen) atoms. The van der Waals surface area contributed by atoms with Gasteiger partial charge in [-0.05, 0) is 56.3 Å². The summed E-state index contributed by atoms with van der Waals surface area (Å²) in [6.07, 6.45) is 6.62. The Morgan fingerprint density at radius 2 is 1.94 bits per heavy atom. The number of hydrogen-bond acceptors (Lipinski definition) is 2. The lowest BCUT2D eigenvalue weighted by Gasteiger charge is -2.19. The minimum atomic E-state index is -0.0478. The molecule has 0 spiro atoms. The molecule has 2 aliphatic rings. The molecular weight excluding hydrogens is 224 g/mol. The van der Waals surface area contributed by atoms with Crippen molar-refractivity contribution in [2.45, 2.75) is 58.9 Å². The van der Waals surface area contributed by atoms with Crippen molar-refractivity contribution in [3.8, 4) is 0 Å². The highest BCUT2D eigenvalue weighted by Crippen LogP contribution is 2.60. The van der Waals surface area contributed by atoms with Crippen LogP contribution in [-0.4, -0.2) is 25.0 Å². The fourth-order valence-corrected chi connectivity index (χ4v) is 2.67. The Hall–Kier alpha value is -0.570. The van der Waals surface area contributed by atoms with Gasteiger partial charge in [-0.25, -0.2) is 0 Å². The molecule has 0 aromatic heterocycles. The molecule has 104 valence electrons. The van der Waals surface area contributed by atoms with Crippen LogP contribution >= 0.6 is 0 Å². The molecule has 3 nitrogen and oxygen atoms in total. The third-order valence-electron chi connectivity index (χ3n) is 4.51. The van der Waals surface area contributed by atoms with Gasteiger partial charge in [-0.3, -0.25) is 4.79 Å². The summed E-state index contributed by atoms with van der Waals surface area (Å²) in [6.45, 7) is 8.18. The van der Waals surface area contributed by atoms with Crippen molar-refractivity contribution < 1.29 is 4.79 Å². The topological polar surface area (TPSA) is 41.1 Å². The first-order chi connectivity index (χ1) is 8.53. The largest absolute Gasteiger partial charge is 0.355 e. The first-order valence-electron chi connectivity index (χ1n) is 7.54. The summed E-state index contributed by atoms with van der Waals surface area (Å²) in [4.78, 5) is 11.9. The minimum absolute atomic E-state index is 0.0478. The zero-order chi connectivity index (χ0) is 13.2. The molecule has 2 rings (SSSR count). The van der Waals surface area contributed by atoms with Crippen molar-refractivity contribution in [1.29, 1.82) is 0 Å². The van der Waals surface area contributed by atoms with Crippen LogP contribution in [0.1, 0.15) is 52.9 Å². The highest BCUT2D eigenvalue weighted by atomic mass is 16.2. The predicted octanol–water partition coefficient (Wildman–Crippen LogP) is 2.32. The van der Waals surface area contributed by atoms with Crippen LogP contribution in [-0.2, 0) is 4.79 Å². The van der Waals surface area contributed by atoms with E-state index in [1.54, 1.807) is 0 Å². The van der Waals surface area contributed by atoms with Gasteiger partial charge in [0.25, 0.3) is 0 Å². The molecule has 1 amide bonds. The van der Waals surface area contributed by atoms with Crippen LogP contribution in [0.5, 0.6) is 0 Å².